The summed E-state index contributed by atoms with van der Waals surface area (Å²) in [4.78, 5) is 54.8. The van der Waals surface area contributed by atoms with Gasteiger partial charge in [0.05, 0.1) is 22.2 Å². The summed E-state index contributed by atoms with van der Waals surface area (Å²) in [5.74, 6) is -3.94. The molecule has 0 saturated carbocycles. The molecule has 2 aliphatic rings. The van der Waals surface area contributed by atoms with Crippen molar-refractivity contribution in [1.29, 1.82) is 0 Å². The predicted molar refractivity (Wildman–Crippen MR) is 161 cm³/mol. The van der Waals surface area contributed by atoms with Gasteiger partial charge in [-0.3, -0.25) is 23.7 Å². The Labute approximate surface area is 259 Å². The van der Waals surface area contributed by atoms with Gasteiger partial charge in [0, 0.05) is 21.0 Å². The van der Waals surface area contributed by atoms with E-state index in [1.165, 1.54) is 16.7 Å². The van der Waals surface area contributed by atoms with E-state index < -0.39 is 57.1 Å². The number of benzene rings is 3. The van der Waals surface area contributed by atoms with Gasteiger partial charge in [0.15, 0.2) is 0 Å². The summed E-state index contributed by atoms with van der Waals surface area (Å²) >= 11 is 5.23. The first-order valence-electron chi connectivity index (χ1n) is 13.0. The fourth-order valence-corrected chi connectivity index (χ4v) is 8.72. The molecule has 0 aliphatic carbocycles. The molecule has 1 saturated heterocycles. The number of amides is 3. The Morgan fingerprint density at radius 1 is 0.977 bits per heavy atom. The normalized spacial score (nSPS) is 19.7. The second-order valence-electron chi connectivity index (χ2n) is 10.2. The number of imide groups is 1. The van der Waals surface area contributed by atoms with E-state index in [0.717, 1.165) is 40.8 Å². The highest BCUT2D eigenvalue weighted by molar-refractivity contribution is 9.10. The average Bonchev–Trinajstić information content (AvgIpc) is 3.38. The fraction of sp³-hybridized carbons (Fsp3) is 0.200. The molecule has 0 spiro atoms. The van der Waals surface area contributed by atoms with Crippen molar-refractivity contribution in [2.45, 2.75) is 35.8 Å². The molecule has 43 heavy (non-hydrogen) atoms. The number of fused-ring (bicyclic) bond motifs is 2. The number of anilines is 2. The molecule has 220 valence electrons. The molecule has 3 aromatic carbocycles. The van der Waals surface area contributed by atoms with E-state index in [1.807, 2.05) is 13.0 Å². The van der Waals surface area contributed by atoms with Crippen LogP contribution in [0.4, 0.5) is 24.5 Å². The Bertz CT molecular complexity index is 1850. The zero-order valence-corrected chi connectivity index (χ0v) is 25.4. The van der Waals surface area contributed by atoms with Gasteiger partial charge in [0.25, 0.3) is 0 Å². The van der Waals surface area contributed by atoms with E-state index in [4.69, 9.17) is 0 Å². The average molecular weight is 689 g/mol. The van der Waals surface area contributed by atoms with Crippen LogP contribution in [0.15, 0.2) is 87.1 Å². The minimum Gasteiger partial charge on any atom is -0.325 e. The van der Waals surface area contributed by atoms with Crippen LogP contribution in [0.25, 0.3) is 0 Å². The lowest BCUT2D eigenvalue weighted by Gasteiger charge is -2.30. The molecule has 2 aliphatic heterocycles. The Morgan fingerprint density at radius 3 is 2.44 bits per heavy atom. The summed E-state index contributed by atoms with van der Waals surface area (Å²) < 4.78 is 43.8. The largest absolute Gasteiger partial charge is 0.418 e. The Hall–Kier alpha value is -3.68. The topological polar surface area (TPSA) is 88.5 Å². The number of hydrogen-bond donors (Lipinski definition) is 1. The van der Waals surface area contributed by atoms with Gasteiger partial charge in [-0.05, 0) is 54.4 Å². The van der Waals surface area contributed by atoms with Gasteiger partial charge in [-0.1, -0.05) is 75.4 Å². The van der Waals surface area contributed by atoms with Crippen molar-refractivity contribution < 1.29 is 27.6 Å². The van der Waals surface area contributed by atoms with E-state index in [2.05, 4.69) is 21.2 Å². The standard InChI is InChI=1S/C30H21BrF3N3O4S2/c1-15-6-4-9-18(12-15)35-21(38)14-36-28-25(43-29(36)41)22(16-7-5-8-17(31)13-16)23-24(42-28)27(40)37(26(23)39)20-11-3-2-10-19(20)30(32,33)34/h2-13,22-24H,14H2,1H3,(H,35,38)/t22-,23-,24+/m0/s1. The van der Waals surface area contributed by atoms with Gasteiger partial charge in [-0.25, -0.2) is 4.90 Å². The number of carbonyl (C=O) groups is 3. The van der Waals surface area contributed by atoms with Crippen molar-refractivity contribution in [2.24, 2.45) is 5.92 Å². The first kappa shape index (κ1) is 29.4. The van der Waals surface area contributed by atoms with E-state index in [-0.39, 0.29) is 6.54 Å². The van der Waals surface area contributed by atoms with Crippen LogP contribution in [0.2, 0.25) is 0 Å². The van der Waals surface area contributed by atoms with Crippen molar-refractivity contribution in [3.05, 3.63) is 109 Å². The first-order chi connectivity index (χ1) is 20.4. The smallest absolute Gasteiger partial charge is 0.325 e. The van der Waals surface area contributed by atoms with Gasteiger partial charge in [0.1, 0.15) is 11.8 Å². The molecular weight excluding hydrogens is 667 g/mol. The summed E-state index contributed by atoms with van der Waals surface area (Å²) in [5, 5.41) is 1.99. The number of thioether (sulfide) groups is 1. The summed E-state index contributed by atoms with van der Waals surface area (Å²) in [6, 6.07) is 18.6. The molecule has 7 nitrogen and oxygen atoms in total. The van der Waals surface area contributed by atoms with Crippen LogP contribution < -0.4 is 15.1 Å². The molecular formula is C30H21BrF3N3O4S2. The molecule has 13 heteroatoms. The second-order valence-corrected chi connectivity index (χ2v) is 13.2. The van der Waals surface area contributed by atoms with Gasteiger partial charge >= 0.3 is 11.0 Å². The molecule has 1 N–H and O–H groups in total. The monoisotopic (exact) mass is 687 g/mol. The van der Waals surface area contributed by atoms with Crippen molar-refractivity contribution in [3.8, 4) is 0 Å². The second kappa shape index (κ2) is 11.1. The van der Waals surface area contributed by atoms with Crippen molar-refractivity contribution in [2.75, 3.05) is 10.2 Å². The highest BCUT2D eigenvalue weighted by atomic mass is 79.9. The number of aryl methyl sites for hydroxylation is 1. The number of nitrogens with one attached hydrogen (secondary N) is 1. The molecule has 3 atom stereocenters. The van der Waals surface area contributed by atoms with E-state index in [0.29, 0.717) is 30.5 Å². The zero-order valence-electron chi connectivity index (χ0n) is 22.2. The maximum atomic E-state index is 14.0. The van der Waals surface area contributed by atoms with Crippen molar-refractivity contribution >= 4 is 68.1 Å². The maximum absolute atomic E-state index is 14.0. The van der Waals surface area contributed by atoms with Crippen molar-refractivity contribution in [3.63, 3.8) is 0 Å². The maximum Gasteiger partial charge on any atom is 0.418 e. The Balaban J connectivity index is 1.44. The lowest BCUT2D eigenvalue weighted by atomic mass is 9.83. The van der Waals surface area contributed by atoms with E-state index in [9.17, 15) is 32.3 Å². The number of halogens is 4. The number of alkyl halides is 3. The van der Waals surface area contributed by atoms with Crippen molar-refractivity contribution in [1.82, 2.24) is 4.57 Å². The fourth-order valence-electron chi connectivity index (χ4n) is 5.53. The minimum absolute atomic E-state index is 0.340. The third-order valence-corrected chi connectivity index (χ3v) is 10.4. The van der Waals surface area contributed by atoms with Crippen LogP contribution in [0.1, 0.15) is 27.5 Å². The molecule has 3 amide bonds. The van der Waals surface area contributed by atoms with Gasteiger partial charge < -0.3 is 5.32 Å². The lowest BCUT2D eigenvalue weighted by Crippen LogP contribution is -2.33. The third-order valence-electron chi connectivity index (χ3n) is 7.31. The lowest BCUT2D eigenvalue weighted by molar-refractivity contribution is -0.137. The van der Waals surface area contributed by atoms with E-state index >= 15 is 0 Å². The zero-order chi connectivity index (χ0) is 30.6. The van der Waals surface area contributed by atoms with Crippen LogP contribution in [0, 0.1) is 12.8 Å². The molecule has 3 heterocycles. The van der Waals surface area contributed by atoms with Crippen LogP contribution in [-0.2, 0) is 27.1 Å². The number of carbonyl (C=O) groups excluding carboxylic acids is 3. The summed E-state index contributed by atoms with van der Waals surface area (Å²) in [6.07, 6.45) is -4.80. The number of rotatable bonds is 5. The van der Waals surface area contributed by atoms with Gasteiger partial charge in [-0.15, -0.1) is 0 Å². The summed E-state index contributed by atoms with van der Waals surface area (Å²) in [5.41, 5.74) is 0.459. The number of aromatic nitrogens is 1. The molecule has 1 fully saturated rings. The number of nitrogens with zero attached hydrogens (tertiary/aromatic N) is 2. The Kier molecular flexibility index (Phi) is 7.59. The molecule has 0 radical (unpaired) electrons. The van der Waals surface area contributed by atoms with Crippen LogP contribution in [-0.4, -0.2) is 27.5 Å². The highest BCUT2D eigenvalue weighted by Gasteiger charge is 2.57. The number of thiazole rings is 1. The SMILES string of the molecule is Cc1cccc(NC(=O)Cn2c3c(sc2=O)[C@@H](c2cccc(Br)c2)[C@@H]2C(=O)N(c4ccccc4C(F)(F)F)C(=O)[C@@H]2S3)c1. The number of para-hydroxylation sites is 1. The van der Waals surface area contributed by atoms with Gasteiger partial charge in [-0.2, -0.15) is 13.2 Å². The number of hydrogen-bond acceptors (Lipinski definition) is 6. The molecule has 0 unspecified atom stereocenters. The summed E-state index contributed by atoms with van der Waals surface area (Å²) in [6.45, 7) is 1.53. The molecule has 6 rings (SSSR count). The quantitative estimate of drug-likeness (QED) is 0.244. The highest BCUT2D eigenvalue weighted by Crippen LogP contribution is 2.54. The molecule has 1 aromatic heterocycles. The molecule has 4 aromatic rings. The Morgan fingerprint density at radius 2 is 1.72 bits per heavy atom. The van der Waals surface area contributed by atoms with Gasteiger partial charge in [0.2, 0.25) is 17.7 Å². The predicted octanol–water partition coefficient (Wildman–Crippen LogP) is 6.43. The van der Waals surface area contributed by atoms with Crippen LogP contribution in [0.5, 0.6) is 0 Å². The molecule has 0 bridgehead atoms. The van der Waals surface area contributed by atoms with Crippen LogP contribution >= 0.6 is 39.0 Å². The summed E-state index contributed by atoms with van der Waals surface area (Å²) in [7, 11) is 0. The third kappa shape index (κ3) is 5.34. The van der Waals surface area contributed by atoms with Crippen LogP contribution in [0.3, 0.4) is 0 Å². The first-order valence-corrected chi connectivity index (χ1v) is 15.5. The minimum atomic E-state index is -4.80. The van der Waals surface area contributed by atoms with E-state index in [1.54, 1.807) is 42.5 Å².